The van der Waals surface area contributed by atoms with Crippen LogP contribution in [-0.4, -0.2) is 25.6 Å². The molecule has 4 rings (SSSR count). The number of imidazole rings is 1. The molecule has 0 aliphatic rings. The van der Waals surface area contributed by atoms with E-state index in [0.29, 0.717) is 5.78 Å². The first kappa shape index (κ1) is 15.7. The summed E-state index contributed by atoms with van der Waals surface area (Å²) in [6.07, 6.45) is 11.0. The van der Waals surface area contributed by atoms with Crippen LogP contribution in [0, 0.1) is 3.57 Å². The molecule has 0 spiro atoms. The van der Waals surface area contributed by atoms with Crippen molar-refractivity contribution in [2.75, 3.05) is 5.43 Å². The lowest BCUT2D eigenvalue weighted by molar-refractivity contribution is 1.09. The van der Waals surface area contributed by atoms with Crippen molar-refractivity contribution in [1.82, 2.24) is 19.4 Å². The van der Waals surface area contributed by atoms with E-state index in [-0.39, 0.29) is 0 Å². The lowest BCUT2D eigenvalue weighted by Crippen LogP contribution is -1.90. The minimum atomic E-state index is 0.694. The lowest BCUT2D eigenvalue weighted by atomic mass is 10.1. The summed E-state index contributed by atoms with van der Waals surface area (Å²) in [5, 5.41) is 4.23. The van der Waals surface area contributed by atoms with Crippen molar-refractivity contribution < 1.29 is 0 Å². The van der Waals surface area contributed by atoms with E-state index in [2.05, 4.69) is 48.1 Å². The number of pyridine rings is 1. The molecule has 1 aromatic carbocycles. The number of hydrogen-bond acceptors (Lipinski definition) is 5. The number of rotatable bonds is 4. The van der Waals surface area contributed by atoms with Gasteiger partial charge in [-0.2, -0.15) is 5.10 Å². The fourth-order valence-corrected chi connectivity index (χ4v) is 2.78. The van der Waals surface area contributed by atoms with Crippen molar-refractivity contribution in [3.05, 3.63) is 76.5 Å². The van der Waals surface area contributed by atoms with Gasteiger partial charge in [0, 0.05) is 40.1 Å². The number of benzene rings is 1. The monoisotopic (exact) mass is 440 g/mol. The highest BCUT2D eigenvalue weighted by Crippen LogP contribution is 2.21. The Balaban J connectivity index is 1.50. The quantitative estimate of drug-likeness (QED) is 0.298. The summed E-state index contributed by atoms with van der Waals surface area (Å²) in [6.45, 7) is 0. The molecule has 0 bridgehead atoms. The maximum atomic E-state index is 4.55. The molecule has 6 nitrogen and oxygen atoms in total. The van der Waals surface area contributed by atoms with Crippen LogP contribution in [0.3, 0.4) is 0 Å². The molecule has 25 heavy (non-hydrogen) atoms. The Bertz CT molecular complexity index is 1020. The zero-order chi connectivity index (χ0) is 17.1. The molecule has 0 saturated heterocycles. The molecule has 0 amide bonds. The number of fused-ring (bicyclic) bond motifs is 1. The second-order valence-corrected chi connectivity index (χ2v) is 6.58. The van der Waals surface area contributed by atoms with Gasteiger partial charge in [0.1, 0.15) is 0 Å². The summed E-state index contributed by atoms with van der Waals surface area (Å²) in [5.41, 5.74) is 6.84. The van der Waals surface area contributed by atoms with Crippen molar-refractivity contribution in [2.24, 2.45) is 5.10 Å². The van der Waals surface area contributed by atoms with Gasteiger partial charge in [0.15, 0.2) is 0 Å². The molecule has 1 N–H and O–H groups in total. The van der Waals surface area contributed by atoms with E-state index in [9.17, 15) is 0 Å². The summed E-state index contributed by atoms with van der Waals surface area (Å²) in [4.78, 5) is 12.8. The SMILES string of the molecule is Ic1cnc2nc(-c3ccc(N/N=C/c4ccncc4)cc3)cn2c1. The van der Waals surface area contributed by atoms with E-state index in [0.717, 1.165) is 26.1 Å². The number of halogens is 1. The van der Waals surface area contributed by atoms with E-state index in [1.165, 1.54) is 0 Å². The fourth-order valence-electron chi connectivity index (χ4n) is 2.35. The number of nitrogens with one attached hydrogen (secondary N) is 1. The molecule has 0 saturated carbocycles. The Kier molecular flexibility index (Phi) is 4.38. The molecular weight excluding hydrogens is 427 g/mol. The molecule has 122 valence electrons. The topological polar surface area (TPSA) is 67.5 Å². The minimum Gasteiger partial charge on any atom is -0.289 e. The zero-order valence-electron chi connectivity index (χ0n) is 13.0. The van der Waals surface area contributed by atoms with Crippen LogP contribution in [0.4, 0.5) is 5.69 Å². The molecule has 0 radical (unpaired) electrons. The number of aromatic nitrogens is 4. The third kappa shape index (κ3) is 3.66. The highest BCUT2D eigenvalue weighted by atomic mass is 127. The number of nitrogens with zero attached hydrogens (tertiary/aromatic N) is 5. The molecule has 4 aromatic rings. The van der Waals surface area contributed by atoms with Crippen LogP contribution in [0.2, 0.25) is 0 Å². The van der Waals surface area contributed by atoms with Gasteiger partial charge in [-0.25, -0.2) is 9.97 Å². The molecular formula is C18H13IN6. The first-order valence-corrected chi connectivity index (χ1v) is 8.66. The average Bonchev–Trinajstić information content (AvgIpc) is 3.06. The number of anilines is 1. The van der Waals surface area contributed by atoms with Crippen molar-refractivity contribution in [2.45, 2.75) is 0 Å². The van der Waals surface area contributed by atoms with Gasteiger partial charge in [-0.15, -0.1) is 0 Å². The van der Waals surface area contributed by atoms with E-state index in [4.69, 9.17) is 0 Å². The average molecular weight is 440 g/mol. The molecule has 3 aromatic heterocycles. The second kappa shape index (κ2) is 6.98. The predicted molar refractivity (Wildman–Crippen MR) is 107 cm³/mol. The molecule has 0 fully saturated rings. The van der Waals surface area contributed by atoms with Crippen molar-refractivity contribution in [1.29, 1.82) is 0 Å². The van der Waals surface area contributed by atoms with E-state index < -0.39 is 0 Å². The standard InChI is InChI=1S/C18H13IN6/c19-15-10-21-18-23-17(12-25(18)11-15)14-1-3-16(4-2-14)24-22-9-13-5-7-20-8-6-13/h1-12,24H/b22-9+. The van der Waals surface area contributed by atoms with Crippen LogP contribution < -0.4 is 5.43 Å². The fraction of sp³-hybridized carbons (Fsp3) is 0. The van der Waals surface area contributed by atoms with Crippen molar-refractivity contribution >= 4 is 40.3 Å². The first-order chi connectivity index (χ1) is 12.3. The Morgan fingerprint density at radius 3 is 2.64 bits per heavy atom. The Morgan fingerprint density at radius 2 is 1.84 bits per heavy atom. The highest BCUT2D eigenvalue weighted by Gasteiger charge is 2.05. The smallest absolute Gasteiger partial charge is 0.234 e. The third-order valence-corrected chi connectivity index (χ3v) is 4.13. The molecule has 0 aliphatic heterocycles. The van der Waals surface area contributed by atoms with Crippen LogP contribution in [0.1, 0.15) is 5.56 Å². The third-order valence-electron chi connectivity index (χ3n) is 3.57. The molecule has 7 heteroatoms. The Labute approximate surface area is 157 Å². The Morgan fingerprint density at radius 1 is 1.04 bits per heavy atom. The van der Waals surface area contributed by atoms with Crippen LogP contribution in [0.15, 0.2) is 72.5 Å². The first-order valence-electron chi connectivity index (χ1n) is 7.58. The van der Waals surface area contributed by atoms with Gasteiger partial charge in [-0.3, -0.25) is 14.8 Å². The van der Waals surface area contributed by atoms with E-state index >= 15 is 0 Å². The van der Waals surface area contributed by atoms with Gasteiger partial charge in [0.05, 0.1) is 17.6 Å². The normalized spacial score (nSPS) is 11.2. The molecule has 0 unspecified atom stereocenters. The summed E-state index contributed by atoms with van der Waals surface area (Å²) < 4.78 is 3.00. The lowest BCUT2D eigenvalue weighted by Gasteiger charge is -2.01. The van der Waals surface area contributed by atoms with Crippen LogP contribution >= 0.6 is 22.6 Å². The van der Waals surface area contributed by atoms with Crippen LogP contribution in [-0.2, 0) is 0 Å². The number of hydrogen-bond donors (Lipinski definition) is 1. The second-order valence-electron chi connectivity index (χ2n) is 5.33. The van der Waals surface area contributed by atoms with E-state index in [1.54, 1.807) is 24.8 Å². The molecule has 0 aliphatic carbocycles. The maximum Gasteiger partial charge on any atom is 0.234 e. The summed E-state index contributed by atoms with van der Waals surface area (Å²) in [7, 11) is 0. The molecule has 0 atom stereocenters. The number of hydrazone groups is 1. The Hall–Kier alpha value is -2.81. The van der Waals surface area contributed by atoms with Crippen molar-refractivity contribution in [3.63, 3.8) is 0 Å². The van der Waals surface area contributed by atoms with Gasteiger partial charge >= 0.3 is 0 Å². The van der Waals surface area contributed by atoms with Crippen molar-refractivity contribution in [3.8, 4) is 11.3 Å². The summed E-state index contributed by atoms with van der Waals surface area (Å²) in [5.74, 6) is 0.694. The van der Waals surface area contributed by atoms with Crippen LogP contribution in [0.25, 0.3) is 17.0 Å². The van der Waals surface area contributed by atoms with Gasteiger partial charge in [0.2, 0.25) is 5.78 Å². The predicted octanol–water partition coefficient (Wildman–Crippen LogP) is 3.84. The summed E-state index contributed by atoms with van der Waals surface area (Å²) >= 11 is 2.24. The largest absolute Gasteiger partial charge is 0.289 e. The van der Waals surface area contributed by atoms with Gasteiger partial charge in [-0.1, -0.05) is 12.1 Å². The van der Waals surface area contributed by atoms with Gasteiger partial charge < -0.3 is 0 Å². The zero-order valence-corrected chi connectivity index (χ0v) is 15.2. The minimum absolute atomic E-state index is 0.694. The highest BCUT2D eigenvalue weighted by molar-refractivity contribution is 14.1. The van der Waals surface area contributed by atoms with Crippen LogP contribution in [0.5, 0.6) is 0 Å². The van der Waals surface area contributed by atoms with Gasteiger partial charge in [0.25, 0.3) is 0 Å². The maximum absolute atomic E-state index is 4.55. The van der Waals surface area contributed by atoms with Gasteiger partial charge in [-0.05, 0) is 52.4 Å². The van der Waals surface area contributed by atoms with E-state index in [1.807, 2.05) is 53.2 Å². The summed E-state index contributed by atoms with van der Waals surface area (Å²) in [6, 6.07) is 11.8. The molecule has 3 heterocycles.